The molecule has 1 aliphatic carbocycles. The van der Waals surface area contributed by atoms with Gasteiger partial charge in [0.25, 0.3) is 0 Å². The number of benzene rings is 1. The molecule has 1 fully saturated rings. The van der Waals surface area contributed by atoms with Crippen LogP contribution in [0.15, 0.2) is 47.1 Å². The zero-order valence-corrected chi connectivity index (χ0v) is 15.6. The first-order valence-electron chi connectivity index (χ1n) is 9.37. The van der Waals surface area contributed by atoms with Crippen LogP contribution in [0.2, 0.25) is 0 Å². The van der Waals surface area contributed by atoms with Crippen LogP contribution in [0, 0.1) is 12.8 Å². The highest BCUT2D eigenvalue weighted by molar-refractivity contribution is 5.74. The molecule has 2 aromatic rings. The van der Waals surface area contributed by atoms with Crippen molar-refractivity contribution < 1.29 is 19.1 Å². The summed E-state index contributed by atoms with van der Waals surface area (Å²) < 4.78 is 5.42. The molecular weight excluding hydrogens is 344 g/mol. The summed E-state index contributed by atoms with van der Waals surface area (Å²) in [5, 5.41) is 12.2. The number of urea groups is 1. The molecule has 3 rings (SSSR count). The molecular formula is C21H26N2O4. The van der Waals surface area contributed by atoms with Gasteiger partial charge in [0.2, 0.25) is 0 Å². The number of nitrogens with zero attached hydrogens (tertiary/aromatic N) is 1. The van der Waals surface area contributed by atoms with Crippen LogP contribution in [-0.4, -0.2) is 28.0 Å². The number of hydrogen-bond donors (Lipinski definition) is 2. The minimum absolute atomic E-state index is 0.0183. The molecule has 27 heavy (non-hydrogen) atoms. The Bertz CT molecular complexity index is 764. The van der Waals surface area contributed by atoms with Gasteiger partial charge in [0.1, 0.15) is 5.76 Å². The quantitative estimate of drug-likeness (QED) is 0.807. The zero-order chi connectivity index (χ0) is 19.2. The van der Waals surface area contributed by atoms with E-state index in [0.29, 0.717) is 38.8 Å². The number of amides is 2. The van der Waals surface area contributed by atoms with E-state index in [2.05, 4.69) is 11.4 Å². The van der Waals surface area contributed by atoms with Gasteiger partial charge in [-0.1, -0.05) is 29.8 Å². The van der Waals surface area contributed by atoms with Crippen molar-refractivity contribution in [1.82, 2.24) is 10.2 Å². The first kappa shape index (κ1) is 19.0. The highest BCUT2D eigenvalue weighted by atomic mass is 16.4. The highest BCUT2D eigenvalue weighted by Crippen LogP contribution is 2.24. The van der Waals surface area contributed by atoms with E-state index in [9.17, 15) is 9.59 Å². The fourth-order valence-corrected chi connectivity index (χ4v) is 3.57. The zero-order valence-electron chi connectivity index (χ0n) is 15.6. The van der Waals surface area contributed by atoms with Crippen molar-refractivity contribution in [2.75, 3.05) is 0 Å². The van der Waals surface area contributed by atoms with E-state index in [0.717, 1.165) is 16.9 Å². The fourth-order valence-electron chi connectivity index (χ4n) is 3.57. The Labute approximate surface area is 159 Å². The highest BCUT2D eigenvalue weighted by Gasteiger charge is 2.28. The van der Waals surface area contributed by atoms with E-state index in [-0.39, 0.29) is 18.0 Å². The third-order valence-electron chi connectivity index (χ3n) is 5.07. The number of rotatable bonds is 6. The second-order valence-corrected chi connectivity index (χ2v) is 7.26. The Hall–Kier alpha value is -2.76. The van der Waals surface area contributed by atoms with Crippen LogP contribution in [-0.2, 0) is 17.9 Å². The number of carboxylic acids is 1. The lowest BCUT2D eigenvalue weighted by molar-refractivity contribution is -0.142. The first-order valence-corrected chi connectivity index (χ1v) is 9.37. The summed E-state index contributed by atoms with van der Waals surface area (Å²) in [6.45, 7) is 2.90. The lowest BCUT2D eigenvalue weighted by atomic mass is 9.86. The Kier molecular flexibility index (Phi) is 6.16. The molecule has 1 aliphatic rings. The maximum Gasteiger partial charge on any atom is 0.318 e. The normalized spacial score (nSPS) is 19.4. The molecule has 0 aliphatic heterocycles. The van der Waals surface area contributed by atoms with Crippen LogP contribution in [0.5, 0.6) is 0 Å². The molecule has 0 radical (unpaired) electrons. The SMILES string of the molecule is Cc1cccc(CN(Cc2ccco2)C(=O)NC2CCC(C(=O)O)CC2)c1. The van der Waals surface area contributed by atoms with Crippen molar-refractivity contribution in [2.45, 2.75) is 51.7 Å². The van der Waals surface area contributed by atoms with E-state index >= 15 is 0 Å². The van der Waals surface area contributed by atoms with Crippen molar-refractivity contribution in [3.05, 3.63) is 59.5 Å². The van der Waals surface area contributed by atoms with Crippen molar-refractivity contribution in [3.8, 4) is 0 Å². The van der Waals surface area contributed by atoms with E-state index in [4.69, 9.17) is 9.52 Å². The van der Waals surface area contributed by atoms with Crippen molar-refractivity contribution in [3.63, 3.8) is 0 Å². The monoisotopic (exact) mass is 370 g/mol. The van der Waals surface area contributed by atoms with Gasteiger partial charge in [-0.25, -0.2) is 4.79 Å². The van der Waals surface area contributed by atoms with Gasteiger partial charge in [-0.3, -0.25) is 4.79 Å². The molecule has 1 aromatic heterocycles. The van der Waals surface area contributed by atoms with Gasteiger partial charge in [0, 0.05) is 12.6 Å². The van der Waals surface area contributed by atoms with Gasteiger partial charge in [-0.05, 0) is 50.3 Å². The summed E-state index contributed by atoms with van der Waals surface area (Å²) in [5.74, 6) is -0.296. The van der Waals surface area contributed by atoms with Gasteiger partial charge >= 0.3 is 12.0 Å². The van der Waals surface area contributed by atoms with Crippen molar-refractivity contribution in [1.29, 1.82) is 0 Å². The molecule has 2 N–H and O–H groups in total. The first-order chi connectivity index (χ1) is 13.0. The molecule has 0 atom stereocenters. The maximum atomic E-state index is 12.9. The molecule has 1 saturated carbocycles. The minimum atomic E-state index is -0.737. The van der Waals surface area contributed by atoms with Gasteiger partial charge < -0.3 is 19.7 Å². The molecule has 1 aromatic carbocycles. The van der Waals surface area contributed by atoms with E-state index in [1.807, 2.05) is 37.3 Å². The van der Waals surface area contributed by atoms with Crippen LogP contribution >= 0.6 is 0 Å². The number of hydrogen-bond acceptors (Lipinski definition) is 3. The van der Waals surface area contributed by atoms with Crippen LogP contribution in [0.4, 0.5) is 4.79 Å². The molecule has 1 heterocycles. The predicted octanol–water partition coefficient (Wildman–Crippen LogP) is 3.94. The molecule has 6 nitrogen and oxygen atoms in total. The predicted molar refractivity (Wildman–Crippen MR) is 101 cm³/mol. The third-order valence-corrected chi connectivity index (χ3v) is 5.07. The number of carbonyl (C=O) groups is 2. The Morgan fingerprint density at radius 1 is 1.15 bits per heavy atom. The second-order valence-electron chi connectivity index (χ2n) is 7.26. The summed E-state index contributed by atoms with van der Waals surface area (Å²) in [7, 11) is 0. The summed E-state index contributed by atoms with van der Waals surface area (Å²) in [6.07, 6.45) is 4.21. The standard InChI is InChI=1S/C21H26N2O4/c1-15-4-2-5-16(12-15)13-23(14-19-6-3-11-27-19)21(26)22-18-9-7-17(8-10-18)20(24)25/h2-6,11-12,17-18H,7-10,13-14H2,1H3,(H,22,26)(H,24,25). The topological polar surface area (TPSA) is 82.8 Å². The number of carbonyl (C=O) groups excluding carboxylic acids is 1. The lowest BCUT2D eigenvalue weighted by Crippen LogP contribution is -2.45. The van der Waals surface area contributed by atoms with Crippen molar-refractivity contribution >= 4 is 12.0 Å². The minimum Gasteiger partial charge on any atom is -0.481 e. The molecule has 144 valence electrons. The van der Waals surface area contributed by atoms with Gasteiger partial charge in [0.05, 0.1) is 18.7 Å². The maximum absolute atomic E-state index is 12.9. The fraction of sp³-hybridized carbons (Fsp3) is 0.429. The van der Waals surface area contributed by atoms with E-state index in [1.54, 1.807) is 11.2 Å². The number of carboxylic acid groups (broad SMARTS) is 1. The van der Waals surface area contributed by atoms with Crippen LogP contribution in [0.3, 0.4) is 0 Å². The lowest BCUT2D eigenvalue weighted by Gasteiger charge is -2.30. The van der Waals surface area contributed by atoms with Crippen LogP contribution < -0.4 is 5.32 Å². The Morgan fingerprint density at radius 2 is 1.93 bits per heavy atom. The Balaban J connectivity index is 1.64. The molecule has 0 spiro atoms. The van der Waals surface area contributed by atoms with Crippen LogP contribution in [0.1, 0.15) is 42.6 Å². The number of furan rings is 1. The average Bonchev–Trinajstić information content (AvgIpc) is 3.15. The smallest absolute Gasteiger partial charge is 0.318 e. The Morgan fingerprint density at radius 3 is 2.56 bits per heavy atom. The third kappa shape index (κ3) is 5.36. The van der Waals surface area contributed by atoms with Gasteiger partial charge in [-0.15, -0.1) is 0 Å². The largest absolute Gasteiger partial charge is 0.481 e. The summed E-state index contributed by atoms with van der Waals surface area (Å²) >= 11 is 0. The second kappa shape index (κ2) is 8.75. The average molecular weight is 370 g/mol. The molecule has 2 amide bonds. The number of aryl methyl sites for hydroxylation is 1. The molecule has 6 heteroatoms. The molecule has 0 bridgehead atoms. The van der Waals surface area contributed by atoms with E-state index < -0.39 is 5.97 Å². The summed E-state index contributed by atoms with van der Waals surface area (Å²) in [4.78, 5) is 25.7. The van der Waals surface area contributed by atoms with Crippen molar-refractivity contribution in [2.24, 2.45) is 5.92 Å². The van der Waals surface area contributed by atoms with E-state index in [1.165, 1.54) is 0 Å². The van der Waals surface area contributed by atoms with Gasteiger partial charge in [-0.2, -0.15) is 0 Å². The van der Waals surface area contributed by atoms with Gasteiger partial charge in [0.15, 0.2) is 0 Å². The summed E-state index contributed by atoms with van der Waals surface area (Å²) in [6, 6.07) is 11.6. The number of aliphatic carboxylic acids is 1. The molecule has 0 saturated heterocycles. The molecule has 0 unspecified atom stereocenters. The number of nitrogens with one attached hydrogen (secondary N) is 1. The summed E-state index contributed by atoms with van der Waals surface area (Å²) in [5.41, 5.74) is 2.21. The van der Waals surface area contributed by atoms with Crippen LogP contribution in [0.25, 0.3) is 0 Å².